The first-order valence-corrected chi connectivity index (χ1v) is 9.63. The summed E-state index contributed by atoms with van der Waals surface area (Å²) in [5, 5.41) is 16.3. The summed E-state index contributed by atoms with van der Waals surface area (Å²) in [6.45, 7) is 0. The molecule has 2 aromatic carbocycles. The molecule has 0 saturated carbocycles. The van der Waals surface area contributed by atoms with Gasteiger partial charge in [-0.2, -0.15) is 0 Å². The van der Waals surface area contributed by atoms with E-state index in [-0.39, 0.29) is 17.2 Å². The van der Waals surface area contributed by atoms with Crippen LogP contribution in [0.1, 0.15) is 21.1 Å². The second kappa shape index (κ2) is 9.10. The molecule has 2 aromatic heterocycles. The maximum atomic E-state index is 12.6. The van der Waals surface area contributed by atoms with Gasteiger partial charge in [0.25, 0.3) is 17.5 Å². The number of carbonyl (C=O) groups excluding carboxylic acids is 2. The van der Waals surface area contributed by atoms with Crippen molar-refractivity contribution in [3.8, 4) is 17.1 Å². The van der Waals surface area contributed by atoms with E-state index in [1.807, 2.05) is 0 Å². The smallest absolute Gasteiger partial charge is 0.291 e. The maximum absolute atomic E-state index is 12.6. The SMILES string of the molecule is COc1cc(NC(=O)c2ccc(-c3cccc([N+](=O)[O-])c3)o2)ccc1NC(=O)c1ccco1. The number of nitro benzene ring substituents is 1. The minimum atomic E-state index is -0.527. The maximum Gasteiger partial charge on any atom is 0.291 e. The third-order valence-corrected chi connectivity index (χ3v) is 4.62. The molecule has 4 aromatic rings. The minimum absolute atomic E-state index is 0.0191. The molecular weight excluding hydrogens is 430 g/mol. The number of rotatable bonds is 7. The fraction of sp³-hybridized carbons (Fsp3) is 0.0435. The topological polar surface area (TPSA) is 137 Å². The van der Waals surface area contributed by atoms with E-state index in [0.29, 0.717) is 28.4 Å². The summed E-state index contributed by atoms with van der Waals surface area (Å²) >= 11 is 0. The average molecular weight is 447 g/mol. The lowest BCUT2D eigenvalue weighted by Crippen LogP contribution is -2.13. The van der Waals surface area contributed by atoms with E-state index in [4.69, 9.17) is 13.6 Å². The highest BCUT2D eigenvalue weighted by atomic mass is 16.6. The molecule has 2 N–H and O–H groups in total. The van der Waals surface area contributed by atoms with Crippen LogP contribution in [0.3, 0.4) is 0 Å². The summed E-state index contributed by atoms with van der Waals surface area (Å²) in [6.07, 6.45) is 1.39. The van der Waals surface area contributed by atoms with Crippen LogP contribution in [0.25, 0.3) is 11.3 Å². The fourth-order valence-electron chi connectivity index (χ4n) is 3.04. The predicted molar refractivity (Wildman–Crippen MR) is 118 cm³/mol. The van der Waals surface area contributed by atoms with Gasteiger partial charge in [0.05, 0.1) is 24.0 Å². The van der Waals surface area contributed by atoms with Crippen molar-refractivity contribution in [2.45, 2.75) is 0 Å². The van der Waals surface area contributed by atoms with Crippen molar-refractivity contribution >= 4 is 28.9 Å². The Kier molecular flexibility index (Phi) is 5.90. The third-order valence-electron chi connectivity index (χ3n) is 4.62. The van der Waals surface area contributed by atoms with Gasteiger partial charge < -0.3 is 24.2 Å². The van der Waals surface area contributed by atoms with Crippen molar-refractivity contribution in [3.63, 3.8) is 0 Å². The zero-order valence-electron chi connectivity index (χ0n) is 17.2. The van der Waals surface area contributed by atoms with Gasteiger partial charge in [-0.15, -0.1) is 0 Å². The molecule has 0 bridgehead atoms. The number of carbonyl (C=O) groups is 2. The van der Waals surface area contributed by atoms with Crippen LogP contribution in [0.15, 0.2) is 81.8 Å². The zero-order valence-corrected chi connectivity index (χ0v) is 17.2. The van der Waals surface area contributed by atoms with Crippen LogP contribution in [-0.2, 0) is 0 Å². The number of non-ortho nitro benzene ring substituents is 1. The monoisotopic (exact) mass is 447 g/mol. The van der Waals surface area contributed by atoms with Crippen molar-refractivity contribution in [3.05, 3.63) is 94.6 Å². The second-order valence-corrected chi connectivity index (χ2v) is 6.77. The standard InChI is InChI=1S/C23H17N3O7/c1-31-21-13-15(7-8-17(21)25-22(27)19-6-3-11-32-19)24-23(28)20-10-9-18(33-20)14-4-2-5-16(12-14)26(29)30/h2-13H,1H3,(H,24,28)(H,25,27). The molecule has 4 rings (SSSR count). The Labute approximate surface area is 186 Å². The van der Waals surface area contributed by atoms with Gasteiger partial charge in [-0.3, -0.25) is 19.7 Å². The first-order chi connectivity index (χ1) is 15.9. The minimum Gasteiger partial charge on any atom is -0.494 e. The highest BCUT2D eigenvalue weighted by Gasteiger charge is 2.16. The molecule has 0 unspecified atom stereocenters. The van der Waals surface area contributed by atoms with Crippen molar-refractivity contribution in [1.29, 1.82) is 0 Å². The molecule has 10 nitrogen and oxygen atoms in total. The molecule has 0 fully saturated rings. The Hall–Kier alpha value is -4.86. The summed E-state index contributed by atoms with van der Waals surface area (Å²) < 4.78 is 16.0. The van der Waals surface area contributed by atoms with Crippen molar-refractivity contribution in [2.24, 2.45) is 0 Å². The van der Waals surface area contributed by atoms with Crippen LogP contribution in [0.5, 0.6) is 5.75 Å². The highest BCUT2D eigenvalue weighted by Crippen LogP contribution is 2.30. The van der Waals surface area contributed by atoms with Crippen LogP contribution in [0.2, 0.25) is 0 Å². The number of hydrogen-bond acceptors (Lipinski definition) is 7. The molecule has 0 radical (unpaired) electrons. The van der Waals surface area contributed by atoms with Gasteiger partial charge in [-0.25, -0.2) is 0 Å². The molecule has 166 valence electrons. The van der Waals surface area contributed by atoms with Gasteiger partial charge >= 0.3 is 0 Å². The number of methoxy groups -OCH3 is 1. The Morgan fingerprint density at radius 2 is 1.76 bits per heavy atom. The lowest BCUT2D eigenvalue weighted by molar-refractivity contribution is -0.384. The second-order valence-electron chi connectivity index (χ2n) is 6.77. The predicted octanol–water partition coefficient (Wildman–Crippen LogP) is 4.96. The lowest BCUT2D eigenvalue weighted by Gasteiger charge is -2.11. The normalized spacial score (nSPS) is 10.5. The first-order valence-electron chi connectivity index (χ1n) is 9.63. The molecule has 0 aliphatic heterocycles. The Bertz CT molecular complexity index is 1330. The Morgan fingerprint density at radius 3 is 2.48 bits per heavy atom. The number of anilines is 2. The van der Waals surface area contributed by atoms with E-state index in [1.165, 1.54) is 43.7 Å². The number of nitro groups is 1. The van der Waals surface area contributed by atoms with Gasteiger partial charge in [-0.05, 0) is 36.4 Å². The molecule has 33 heavy (non-hydrogen) atoms. The van der Waals surface area contributed by atoms with E-state index < -0.39 is 16.7 Å². The van der Waals surface area contributed by atoms with E-state index >= 15 is 0 Å². The van der Waals surface area contributed by atoms with E-state index in [2.05, 4.69) is 10.6 Å². The van der Waals surface area contributed by atoms with Crippen LogP contribution in [0, 0.1) is 10.1 Å². The number of hydrogen-bond donors (Lipinski definition) is 2. The summed E-state index contributed by atoms with van der Waals surface area (Å²) in [7, 11) is 1.43. The molecule has 0 aliphatic rings. The first kappa shape index (κ1) is 21.4. The van der Waals surface area contributed by atoms with Gasteiger partial charge in [0.2, 0.25) is 0 Å². The van der Waals surface area contributed by atoms with Gasteiger partial charge in [-0.1, -0.05) is 12.1 Å². The van der Waals surface area contributed by atoms with E-state index in [0.717, 1.165) is 0 Å². The van der Waals surface area contributed by atoms with Crippen molar-refractivity contribution in [2.75, 3.05) is 17.7 Å². The van der Waals surface area contributed by atoms with E-state index in [1.54, 1.807) is 36.4 Å². The molecule has 0 aliphatic carbocycles. The summed E-state index contributed by atoms with van der Waals surface area (Å²) in [5.74, 6) is -0.167. The quantitative estimate of drug-likeness (QED) is 0.302. The highest BCUT2D eigenvalue weighted by molar-refractivity contribution is 6.04. The lowest BCUT2D eigenvalue weighted by atomic mass is 10.1. The van der Waals surface area contributed by atoms with Crippen molar-refractivity contribution in [1.82, 2.24) is 0 Å². The fourth-order valence-corrected chi connectivity index (χ4v) is 3.04. The Morgan fingerprint density at radius 1 is 0.939 bits per heavy atom. The van der Waals surface area contributed by atoms with Gasteiger partial charge in [0.1, 0.15) is 11.5 Å². The van der Waals surface area contributed by atoms with Gasteiger partial charge in [0, 0.05) is 29.4 Å². The molecule has 2 amide bonds. The van der Waals surface area contributed by atoms with Crippen LogP contribution >= 0.6 is 0 Å². The summed E-state index contributed by atoms with van der Waals surface area (Å²) in [4.78, 5) is 35.3. The van der Waals surface area contributed by atoms with Crippen LogP contribution in [0.4, 0.5) is 17.1 Å². The molecule has 0 saturated heterocycles. The van der Waals surface area contributed by atoms with Crippen LogP contribution in [-0.4, -0.2) is 23.8 Å². The number of nitrogens with zero attached hydrogens (tertiary/aromatic N) is 1. The number of ether oxygens (including phenoxy) is 1. The summed E-state index contributed by atoms with van der Waals surface area (Å²) in [6, 6.07) is 16.8. The average Bonchev–Trinajstić information content (AvgIpc) is 3.53. The number of nitrogens with one attached hydrogen (secondary N) is 2. The Balaban J connectivity index is 1.48. The van der Waals surface area contributed by atoms with E-state index in [9.17, 15) is 19.7 Å². The number of benzene rings is 2. The number of amides is 2. The molecule has 10 heteroatoms. The zero-order chi connectivity index (χ0) is 23.4. The summed E-state index contributed by atoms with van der Waals surface area (Å²) in [5.41, 5.74) is 1.19. The van der Waals surface area contributed by atoms with Crippen LogP contribution < -0.4 is 15.4 Å². The molecular formula is C23H17N3O7. The third kappa shape index (κ3) is 4.74. The van der Waals surface area contributed by atoms with Gasteiger partial charge in [0.15, 0.2) is 11.5 Å². The molecule has 0 atom stereocenters. The molecule has 0 spiro atoms. The largest absolute Gasteiger partial charge is 0.494 e. The molecule has 2 heterocycles. The number of furan rings is 2. The van der Waals surface area contributed by atoms with Crippen molar-refractivity contribution < 1.29 is 28.1 Å².